The number of nitrogens with zero attached hydrogens (tertiary/aromatic N) is 1. The quantitative estimate of drug-likeness (QED) is 0.484. The molecule has 29 heavy (non-hydrogen) atoms. The fraction of sp³-hybridized carbons (Fsp3) is 0.455. The summed E-state index contributed by atoms with van der Waals surface area (Å²) in [5.41, 5.74) is 2.75. The van der Waals surface area contributed by atoms with E-state index in [2.05, 4.69) is 29.6 Å². The predicted octanol–water partition coefficient (Wildman–Crippen LogP) is 4.37. The maximum absolute atomic E-state index is 13.0. The molecule has 0 atom stereocenters. The van der Waals surface area contributed by atoms with Gasteiger partial charge in [-0.3, -0.25) is 4.79 Å². The number of hydrogen-bond donors (Lipinski definition) is 1. The van der Waals surface area contributed by atoms with Crippen molar-refractivity contribution in [2.24, 2.45) is 0 Å². The van der Waals surface area contributed by atoms with Crippen LogP contribution in [0.4, 0.5) is 5.69 Å². The van der Waals surface area contributed by atoms with Gasteiger partial charge in [0.05, 0.1) is 25.9 Å². The van der Waals surface area contributed by atoms with Crippen molar-refractivity contribution in [2.75, 3.05) is 32.1 Å². The number of hydrogen-bond acceptors (Lipinski definition) is 4. The zero-order chi connectivity index (χ0) is 20.0. The van der Waals surface area contributed by atoms with Gasteiger partial charge >= 0.3 is 5.97 Å². The summed E-state index contributed by atoms with van der Waals surface area (Å²) in [4.78, 5) is 25.5. The number of esters is 1. The molecule has 1 fully saturated rings. The maximum Gasteiger partial charge on any atom is 0.350 e. The summed E-state index contributed by atoms with van der Waals surface area (Å²) in [6.45, 7) is 5.20. The Kier molecular flexibility index (Phi) is 9.47. The third kappa shape index (κ3) is 6.45. The van der Waals surface area contributed by atoms with Gasteiger partial charge in [-0.2, -0.15) is 0 Å². The summed E-state index contributed by atoms with van der Waals surface area (Å²) in [5, 5.41) is 4.88. The van der Waals surface area contributed by atoms with Crippen molar-refractivity contribution < 1.29 is 51.5 Å². The zero-order valence-electron chi connectivity index (χ0n) is 17.3. The van der Waals surface area contributed by atoms with Crippen LogP contribution in [0.2, 0.25) is 0 Å². The number of methoxy groups -OCH3 is 1. The summed E-state index contributed by atoms with van der Waals surface area (Å²) in [7, 11) is 1.36. The molecule has 5 nitrogen and oxygen atoms in total. The minimum Gasteiger partial charge on any atom is -0.465 e. The van der Waals surface area contributed by atoms with E-state index in [4.69, 9.17) is 4.74 Å². The summed E-state index contributed by atoms with van der Waals surface area (Å²) >= 11 is 1.31. The van der Waals surface area contributed by atoms with Crippen molar-refractivity contribution in [2.45, 2.75) is 39.2 Å². The van der Waals surface area contributed by atoms with Crippen molar-refractivity contribution in [1.82, 2.24) is 0 Å². The van der Waals surface area contributed by atoms with E-state index < -0.39 is 5.97 Å². The van der Waals surface area contributed by atoms with Gasteiger partial charge in [0.25, 0.3) is 5.91 Å². The zero-order valence-corrected chi connectivity index (χ0v) is 20.9. The van der Waals surface area contributed by atoms with Crippen LogP contribution in [0.25, 0.3) is 0 Å². The van der Waals surface area contributed by atoms with Gasteiger partial charge in [0.15, 0.2) is 6.54 Å². The Bertz CT molecular complexity index is 815. The fourth-order valence-electron chi connectivity index (χ4n) is 4.03. The molecule has 0 spiro atoms. The fourth-order valence-corrected chi connectivity index (χ4v) is 4.95. The predicted molar refractivity (Wildman–Crippen MR) is 113 cm³/mol. The van der Waals surface area contributed by atoms with Crippen LogP contribution in [0.15, 0.2) is 35.7 Å². The Balaban J connectivity index is 0.00000300. The number of carbonyl (C=O) groups is 2. The molecule has 1 aliphatic heterocycles. The topological polar surface area (TPSA) is 55.4 Å². The van der Waals surface area contributed by atoms with Gasteiger partial charge in [-0.15, -0.1) is 11.3 Å². The third-order valence-electron chi connectivity index (χ3n) is 5.46. The number of rotatable bonds is 6. The van der Waals surface area contributed by atoms with Crippen molar-refractivity contribution in [3.8, 4) is 0 Å². The number of likely N-dealkylation sites (tertiary alicyclic amines) is 1. The number of ether oxygens (including phenoxy) is 1. The van der Waals surface area contributed by atoms with Crippen molar-refractivity contribution in [1.29, 1.82) is 0 Å². The molecule has 0 aliphatic carbocycles. The molecule has 0 bridgehead atoms. The van der Waals surface area contributed by atoms with Crippen LogP contribution in [0, 0.1) is 6.92 Å². The Morgan fingerprint density at radius 2 is 1.76 bits per heavy atom. The van der Waals surface area contributed by atoms with E-state index in [1.54, 1.807) is 0 Å². The molecular weight excluding hydrogens is 461 g/mol. The van der Waals surface area contributed by atoms with Gasteiger partial charge < -0.3 is 14.5 Å². The Labute approximate surface area is 202 Å². The van der Waals surface area contributed by atoms with Gasteiger partial charge in [-0.1, -0.05) is 30.3 Å². The first kappa shape index (κ1) is 24.2. The number of quaternary nitrogens is 1. The second kappa shape index (κ2) is 11.4. The molecule has 0 unspecified atom stereocenters. The summed E-state index contributed by atoms with van der Waals surface area (Å²) in [6, 6.07) is 10.4. The monoisotopic (exact) mass is 490 g/mol. The van der Waals surface area contributed by atoms with E-state index in [9.17, 15) is 9.59 Å². The molecule has 1 aromatic heterocycles. The Hall–Kier alpha value is -1.08. The van der Waals surface area contributed by atoms with Crippen molar-refractivity contribution in [3.63, 3.8) is 0 Å². The minimum atomic E-state index is -0.406. The second-order valence-electron chi connectivity index (χ2n) is 7.67. The first-order valence-corrected chi connectivity index (χ1v) is 10.8. The largest absolute Gasteiger partial charge is 0.465 e. The van der Waals surface area contributed by atoms with Crippen LogP contribution in [-0.4, -0.2) is 43.1 Å². The molecule has 1 N–H and O–H groups in total. The van der Waals surface area contributed by atoms with Crippen LogP contribution < -0.4 is 5.32 Å². The Morgan fingerprint density at radius 1 is 1.10 bits per heavy atom. The average Bonchev–Trinajstić information content (AvgIpc) is 2.90. The minimum absolute atomic E-state index is 0. The van der Waals surface area contributed by atoms with E-state index >= 15 is 0 Å². The first-order chi connectivity index (χ1) is 13.5. The molecule has 1 aliphatic rings. The molecule has 1 radical (unpaired) electrons. The van der Waals surface area contributed by atoms with Crippen LogP contribution >= 0.6 is 11.3 Å². The van der Waals surface area contributed by atoms with E-state index in [1.807, 2.05) is 18.4 Å². The normalized spacial score (nSPS) is 15.7. The number of anilines is 1. The van der Waals surface area contributed by atoms with Gasteiger partial charge in [-0.05, 0) is 43.6 Å². The average molecular weight is 490 g/mol. The van der Waals surface area contributed by atoms with Crippen LogP contribution in [0.3, 0.4) is 0 Å². The van der Waals surface area contributed by atoms with E-state index in [0.29, 0.717) is 17.1 Å². The van der Waals surface area contributed by atoms with Crippen LogP contribution in [0.5, 0.6) is 0 Å². The molecule has 2 aromatic rings. The molecule has 0 saturated carbocycles. The van der Waals surface area contributed by atoms with Crippen molar-refractivity contribution >= 4 is 28.9 Å². The summed E-state index contributed by atoms with van der Waals surface area (Å²) in [6.07, 6.45) is 4.75. The number of aryl methyl sites for hydroxylation is 1. The first-order valence-electron chi connectivity index (χ1n) is 9.88. The smallest absolute Gasteiger partial charge is 0.350 e. The molecule has 2 heterocycles. The number of nitrogens with one attached hydrogen (secondary N) is 1. The number of thiophene rings is 1. The van der Waals surface area contributed by atoms with E-state index in [-0.39, 0.29) is 38.6 Å². The van der Waals surface area contributed by atoms with Gasteiger partial charge in [0.2, 0.25) is 0 Å². The summed E-state index contributed by atoms with van der Waals surface area (Å²) in [5.74, 6) is -0.444. The molecule has 1 aromatic carbocycles. The third-order valence-corrected chi connectivity index (χ3v) is 6.54. The molecule has 3 rings (SSSR count). The maximum atomic E-state index is 13.0. The standard InChI is InChI=1S/C22H28N2O3S.Y/c1-17-16-28-21(22(26)27-2)20(17)23-19(25)15-24(12-8-3-4-9-13-24)14-18-10-6-5-7-11-18;/h5-7,10-11,16H,3-4,8-9,12-15H2,1-2H3;/p+1. The Morgan fingerprint density at radius 3 is 2.38 bits per heavy atom. The van der Waals surface area contributed by atoms with E-state index in [1.165, 1.54) is 36.9 Å². The molecular formula is C22H29N2O3SY+. The number of carbonyl (C=O) groups excluding carboxylic acids is 2. The number of amides is 1. The molecule has 153 valence electrons. The van der Waals surface area contributed by atoms with E-state index in [0.717, 1.165) is 42.5 Å². The number of benzene rings is 1. The van der Waals surface area contributed by atoms with Crippen molar-refractivity contribution in [3.05, 3.63) is 51.7 Å². The SMILES string of the molecule is COC(=O)c1scc(C)c1NC(=O)C[N+]1(Cc2ccccc2)CCCCCC1.[Y]. The van der Waals surface area contributed by atoms with Gasteiger partial charge in [0.1, 0.15) is 11.4 Å². The van der Waals surface area contributed by atoms with Crippen LogP contribution in [0.1, 0.15) is 46.5 Å². The summed E-state index contributed by atoms with van der Waals surface area (Å²) < 4.78 is 5.62. The molecule has 1 saturated heterocycles. The van der Waals surface area contributed by atoms with Crippen LogP contribution in [-0.2, 0) is 48.8 Å². The van der Waals surface area contributed by atoms with Gasteiger partial charge in [0, 0.05) is 38.3 Å². The molecule has 7 heteroatoms. The molecule has 1 amide bonds. The second-order valence-corrected chi connectivity index (χ2v) is 8.55. The van der Waals surface area contributed by atoms with Gasteiger partial charge in [-0.25, -0.2) is 4.79 Å².